The highest BCUT2D eigenvalue weighted by Gasteiger charge is 2.49. The molecule has 1 aliphatic rings. The average Bonchev–Trinajstić information content (AvgIpc) is 2.15. The quantitative estimate of drug-likeness (QED) is 0.731. The molecule has 0 N–H and O–H groups in total. The molecule has 9 heteroatoms. The van der Waals surface area contributed by atoms with Gasteiger partial charge in [0.15, 0.2) is 6.10 Å². The number of halogens is 3. The molecule has 3 unspecified atom stereocenters. The lowest BCUT2D eigenvalue weighted by Gasteiger charge is -2.35. The van der Waals surface area contributed by atoms with E-state index >= 15 is 0 Å². The van der Waals surface area contributed by atoms with Crippen LogP contribution in [0.15, 0.2) is 0 Å². The minimum Gasteiger partial charge on any atom is -0.449 e. The first-order valence-corrected chi connectivity index (χ1v) is 5.92. The van der Waals surface area contributed by atoms with E-state index in [4.69, 9.17) is 0 Å². The van der Waals surface area contributed by atoms with Crippen molar-refractivity contribution in [3.05, 3.63) is 0 Å². The molecule has 1 rings (SSSR count). The number of carbonyl (C=O) groups is 1. The highest BCUT2D eigenvalue weighted by Crippen LogP contribution is 2.32. The van der Waals surface area contributed by atoms with E-state index in [1.807, 2.05) is 0 Å². The van der Waals surface area contributed by atoms with Crippen molar-refractivity contribution in [1.29, 1.82) is 0 Å². The van der Waals surface area contributed by atoms with Crippen LogP contribution in [0.3, 0.4) is 0 Å². The molecule has 0 aromatic heterocycles. The summed E-state index contributed by atoms with van der Waals surface area (Å²) in [4.78, 5) is 11.3. The van der Waals surface area contributed by atoms with Crippen LogP contribution in [-0.4, -0.2) is 39.5 Å². The fourth-order valence-corrected chi connectivity index (χ4v) is 2.39. The standard InChI is InChI=1S/C8H12F3NO4S/c1-3-15-7(13)12-5(2)4-6(8(9,10)11)16-17(12)14/h5-6H,3-4H2,1-2H3. The smallest absolute Gasteiger partial charge is 0.423 e. The van der Waals surface area contributed by atoms with E-state index < -0.39 is 42.1 Å². The van der Waals surface area contributed by atoms with E-state index in [9.17, 15) is 22.2 Å². The summed E-state index contributed by atoms with van der Waals surface area (Å²) in [6, 6.07) is -0.866. The second-order valence-electron chi connectivity index (χ2n) is 3.45. The third-order valence-electron chi connectivity index (χ3n) is 2.13. The highest BCUT2D eigenvalue weighted by atomic mass is 32.2. The Kier molecular flexibility index (Phi) is 4.36. The molecule has 3 atom stereocenters. The molecule has 0 radical (unpaired) electrons. The minimum absolute atomic E-state index is 0.0436. The lowest BCUT2D eigenvalue weighted by molar-refractivity contribution is -0.201. The SMILES string of the molecule is CCOC(=O)N1C(C)CC(C(F)(F)F)OS1=O. The molecule has 17 heavy (non-hydrogen) atoms. The van der Waals surface area contributed by atoms with Crippen molar-refractivity contribution in [2.45, 2.75) is 38.6 Å². The van der Waals surface area contributed by atoms with E-state index in [1.165, 1.54) is 13.8 Å². The van der Waals surface area contributed by atoms with Crippen LogP contribution in [0.4, 0.5) is 18.0 Å². The van der Waals surface area contributed by atoms with Gasteiger partial charge >= 0.3 is 12.3 Å². The first-order chi connectivity index (χ1) is 7.77. The summed E-state index contributed by atoms with van der Waals surface area (Å²) >= 11 is -2.48. The second-order valence-corrected chi connectivity index (χ2v) is 4.47. The van der Waals surface area contributed by atoms with Crippen molar-refractivity contribution < 1.29 is 31.1 Å². The number of nitrogens with zero attached hydrogens (tertiary/aromatic N) is 1. The van der Waals surface area contributed by atoms with Gasteiger partial charge in [-0.05, 0) is 13.8 Å². The van der Waals surface area contributed by atoms with E-state index in [-0.39, 0.29) is 6.61 Å². The molecule has 1 heterocycles. The van der Waals surface area contributed by atoms with Crippen LogP contribution in [0.25, 0.3) is 0 Å². The minimum atomic E-state index is -4.59. The van der Waals surface area contributed by atoms with Gasteiger partial charge in [0.25, 0.3) is 11.3 Å². The van der Waals surface area contributed by atoms with E-state index in [0.29, 0.717) is 4.31 Å². The molecule has 1 aliphatic heterocycles. The molecular weight excluding hydrogens is 263 g/mol. The second kappa shape index (κ2) is 5.21. The summed E-state index contributed by atoms with van der Waals surface area (Å²) in [5.41, 5.74) is 0. The van der Waals surface area contributed by atoms with Gasteiger partial charge in [-0.3, -0.25) is 4.18 Å². The van der Waals surface area contributed by atoms with Gasteiger partial charge in [0, 0.05) is 6.42 Å². The van der Waals surface area contributed by atoms with Gasteiger partial charge in [-0.15, -0.1) is 0 Å². The Morgan fingerprint density at radius 3 is 2.59 bits per heavy atom. The Morgan fingerprint density at radius 2 is 2.18 bits per heavy atom. The summed E-state index contributed by atoms with van der Waals surface area (Å²) in [6.07, 6.45) is -8.12. The number of ether oxygens (including phenoxy) is 1. The predicted octanol–water partition coefficient (Wildman–Crippen LogP) is 1.76. The van der Waals surface area contributed by atoms with Crippen molar-refractivity contribution in [2.75, 3.05) is 6.61 Å². The molecule has 1 amide bonds. The molecule has 100 valence electrons. The Morgan fingerprint density at radius 1 is 1.59 bits per heavy atom. The number of carbonyl (C=O) groups excluding carboxylic acids is 1. The lowest BCUT2D eigenvalue weighted by Crippen LogP contribution is -2.51. The Bertz CT molecular complexity index is 322. The summed E-state index contributed by atoms with van der Waals surface area (Å²) in [5.74, 6) is 0. The molecule has 0 aliphatic carbocycles. The number of hydrogen-bond acceptors (Lipinski definition) is 4. The van der Waals surface area contributed by atoms with Gasteiger partial charge in [-0.1, -0.05) is 0 Å². The zero-order valence-electron chi connectivity index (χ0n) is 9.19. The Balaban J connectivity index is 2.76. The van der Waals surface area contributed by atoms with Gasteiger partial charge in [0.2, 0.25) is 0 Å². The fourth-order valence-electron chi connectivity index (χ4n) is 1.35. The summed E-state index contributed by atoms with van der Waals surface area (Å²) < 4.78 is 58.0. The van der Waals surface area contributed by atoms with Gasteiger partial charge in [-0.2, -0.15) is 13.2 Å². The maximum Gasteiger partial charge on any atom is 0.423 e. The predicted molar refractivity (Wildman–Crippen MR) is 52.0 cm³/mol. The van der Waals surface area contributed by atoms with Crippen LogP contribution in [-0.2, 0) is 20.2 Å². The Hall–Kier alpha value is -0.830. The number of alkyl halides is 3. The van der Waals surface area contributed by atoms with Gasteiger partial charge in [0.05, 0.1) is 12.6 Å². The van der Waals surface area contributed by atoms with Crippen LogP contribution >= 0.6 is 0 Å². The monoisotopic (exact) mass is 275 g/mol. The molecule has 0 spiro atoms. The van der Waals surface area contributed by atoms with Crippen molar-refractivity contribution in [1.82, 2.24) is 4.31 Å². The van der Waals surface area contributed by atoms with Crippen molar-refractivity contribution in [3.63, 3.8) is 0 Å². The molecule has 0 aromatic carbocycles. The number of hydrogen-bond donors (Lipinski definition) is 0. The summed E-state index contributed by atoms with van der Waals surface area (Å²) in [6.45, 7) is 2.94. The molecule has 1 fully saturated rings. The van der Waals surface area contributed by atoms with Crippen LogP contribution in [0.5, 0.6) is 0 Å². The number of rotatable bonds is 1. The van der Waals surface area contributed by atoms with Crippen molar-refractivity contribution in [2.24, 2.45) is 0 Å². The van der Waals surface area contributed by atoms with Crippen molar-refractivity contribution >= 4 is 17.4 Å². The van der Waals surface area contributed by atoms with Crippen LogP contribution < -0.4 is 0 Å². The molecule has 1 saturated heterocycles. The Labute approximate surface area is 98.7 Å². The van der Waals surface area contributed by atoms with Crippen LogP contribution in [0.1, 0.15) is 20.3 Å². The first kappa shape index (κ1) is 14.2. The highest BCUT2D eigenvalue weighted by molar-refractivity contribution is 7.78. The van der Waals surface area contributed by atoms with E-state index in [2.05, 4.69) is 8.92 Å². The van der Waals surface area contributed by atoms with Gasteiger partial charge in [0.1, 0.15) is 0 Å². The topological polar surface area (TPSA) is 55.8 Å². The van der Waals surface area contributed by atoms with E-state index in [0.717, 1.165) is 0 Å². The molecule has 0 aromatic rings. The van der Waals surface area contributed by atoms with Gasteiger partial charge < -0.3 is 4.74 Å². The largest absolute Gasteiger partial charge is 0.449 e. The summed E-state index contributed by atoms with van der Waals surface area (Å²) in [5, 5.41) is 0. The molecule has 0 bridgehead atoms. The first-order valence-electron chi connectivity index (χ1n) is 4.89. The normalized spacial score (nSPS) is 30.2. The van der Waals surface area contributed by atoms with Crippen LogP contribution in [0, 0.1) is 0 Å². The van der Waals surface area contributed by atoms with Crippen LogP contribution in [0.2, 0.25) is 0 Å². The maximum absolute atomic E-state index is 12.4. The van der Waals surface area contributed by atoms with E-state index in [1.54, 1.807) is 0 Å². The zero-order chi connectivity index (χ0) is 13.2. The molecule has 5 nitrogen and oxygen atoms in total. The third kappa shape index (κ3) is 3.32. The number of amides is 1. The maximum atomic E-state index is 12.4. The lowest BCUT2D eigenvalue weighted by atomic mass is 10.1. The molecular formula is C8H12F3NO4S. The van der Waals surface area contributed by atoms with Crippen molar-refractivity contribution in [3.8, 4) is 0 Å². The fraction of sp³-hybridized carbons (Fsp3) is 0.875. The zero-order valence-corrected chi connectivity index (χ0v) is 10.0. The summed E-state index contributed by atoms with van der Waals surface area (Å²) in [7, 11) is 0. The third-order valence-corrected chi connectivity index (χ3v) is 3.35. The average molecular weight is 275 g/mol. The van der Waals surface area contributed by atoms with Gasteiger partial charge in [-0.25, -0.2) is 13.3 Å². The molecule has 0 saturated carbocycles.